The normalized spacial score (nSPS) is 23.6. The van der Waals surface area contributed by atoms with E-state index in [1.807, 2.05) is 0 Å². The number of nitrogens with zero attached hydrogens (tertiary/aromatic N) is 2. The van der Waals surface area contributed by atoms with Gasteiger partial charge in [-0.3, -0.25) is 4.79 Å². The molecule has 0 unspecified atom stereocenters. The number of aryl methyl sites for hydroxylation is 1. The number of hydrogen-bond acceptors (Lipinski definition) is 5. The van der Waals surface area contributed by atoms with Crippen molar-refractivity contribution in [2.75, 3.05) is 13.2 Å². The fourth-order valence-corrected chi connectivity index (χ4v) is 2.36. The number of amides is 1. The summed E-state index contributed by atoms with van der Waals surface area (Å²) in [5.74, 6) is 0.599. The Labute approximate surface area is 106 Å². The number of aromatic nitrogens is 2. The molecule has 2 atom stereocenters. The molecular formula is C12H19N3O3. The minimum absolute atomic E-state index is 0.224. The average Bonchev–Trinajstić information content (AvgIpc) is 2.94. The summed E-state index contributed by atoms with van der Waals surface area (Å²) in [6, 6.07) is 0. The van der Waals surface area contributed by atoms with Crippen LogP contribution in [0, 0.1) is 18.8 Å². The van der Waals surface area contributed by atoms with Crippen LogP contribution < -0.4 is 5.32 Å². The number of carbonyl (C=O) groups excluding carboxylic acids is 1. The van der Waals surface area contributed by atoms with Crippen LogP contribution in [-0.2, 0) is 4.74 Å². The highest BCUT2D eigenvalue weighted by atomic mass is 16.6. The van der Waals surface area contributed by atoms with Crippen LogP contribution in [0.3, 0.4) is 0 Å². The van der Waals surface area contributed by atoms with Crippen LogP contribution in [0.15, 0.2) is 4.63 Å². The lowest BCUT2D eigenvalue weighted by atomic mass is 9.93. The van der Waals surface area contributed by atoms with Gasteiger partial charge in [0.15, 0.2) is 5.69 Å². The van der Waals surface area contributed by atoms with Crippen LogP contribution in [0.25, 0.3) is 0 Å². The van der Waals surface area contributed by atoms with Crippen molar-refractivity contribution >= 4 is 5.91 Å². The SMILES string of the molecule is Cc1nonc1C(=O)NC[C@H]1CCO[C@@H]1C(C)C. The lowest BCUT2D eigenvalue weighted by molar-refractivity contribution is 0.0533. The zero-order valence-corrected chi connectivity index (χ0v) is 11.0. The molecule has 0 spiro atoms. The first-order chi connectivity index (χ1) is 8.59. The van der Waals surface area contributed by atoms with Crippen LogP contribution in [0.4, 0.5) is 0 Å². The largest absolute Gasteiger partial charge is 0.378 e. The number of carbonyl (C=O) groups is 1. The number of nitrogens with one attached hydrogen (secondary N) is 1. The second-order valence-corrected chi connectivity index (χ2v) is 5.04. The van der Waals surface area contributed by atoms with E-state index < -0.39 is 0 Å². The molecule has 1 amide bonds. The molecule has 1 aliphatic heterocycles. The molecule has 1 aromatic heterocycles. The predicted molar refractivity (Wildman–Crippen MR) is 64.1 cm³/mol. The van der Waals surface area contributed by atoms with Crippen LogP contribution in [0.1, 0.15) is 36.5 Å². The van der Waals surface area contributed by atoms with E-state index in [4.69, 9.17) is 4.74 Å². The molecule has 100 valence electrons. The summed E-state index contributed by atoms with van der Waals surface area (Å²) >= 11 is 0. The quantitative estimate of drug-likeness (QED) is 0.871. The molecule has 0 radical (unpaired) electrons. The standard InChI is InChI=1S/C12H19N3O3/c1-7(2)11-9(4-5-17-11)6-13-12(16)10-8(3)14-18-15-10/h7,9,11H,4-6H2,1-3H3,(H,13,16)/t9-,11-/m1/s1. The molecule has 1 N–H and O–H groups in total. The lowest BCUT2D eigenvalue weighted by Crippen LogP contribution is -2.35. The highest BCUT2D eigenvalue weighted by Gasteiger charge is 2.31. The Bertz CT molecular complexity index is 416. The van der Waals surface area contributed by atoms with Crippen LogP contribution >= 0.6 is 0 Å². The Morgan fingerprint density at radius 1 is 1.50 bits per heavy atom. The molecule has 1 aromatic rings. The highest BCUT2D eigenvalue weighted by Crippen LogP contribution is 2.26. The minimum atomic E-state index is -0.233. The summed E-state index contributed by atoms with van der Waals surface area (Å²) in [5.41, 5.74) is 0.769. The fraction of sp³-hybridized carbons (Fsp3) is 0.750. The highest BCUT2D eigenvalue weighted by molar-refractivity contribution is 5.92. The maximum atomic E-state index is 11.8. The third-order valence-corrected chi connectivity index (χ3v) is 3.31. The van der Waals surface area contributed by atoms with Crippen LogP contribution in [-0.4, -0.2) is 35.5 Å². The summed E-state index contributed by atoms with van der Waals surface area (Å²) in [6.07, 6.45) is 1.21. The van der Waals surface area contributed by atoms with E-state index in [2.05, 4.69) is 34.1 Å². The lowest BCUT2D eigenvalue weighted by Gasteiger charge is -2.21. The number of hydrogen-bond donors (Lipinski definition) is 1. The molecule has 1 saturated heterocycles. The summed E-state index contributed by atoms with van der Waals surface area (Å²) < 4.78 is 10.2. The van der Waals surface area contributed by atoms with Crippen LogP contribution in [0.2, 0.25) is 0 Å². The maximum absolute atomic E-state index is 11.8. The van der Waals surface area contributed by atoms with Gasteiger partial charge < -0.3 is 10.1 Å². The molecule has 0 aliphatic carbocycles. The Hall–Kier alpha value is -1.43. The minimum Gasteiger partial charge on any atom is -0.378 e. The second-order valence-electron chi connectivity index (χ2n) is 5.04. The average molecular weight is 253 g/mol. The molecule has 6 nitrogen and oxygen atoms in total. The van der Waals surface area contributed by atoms with Crippen molar-refractivity contribution in [3.63, 3.8) is 0 Å². The topological polar surface area (TPSA) is 77.2 Å². The third-order valence-electron chi connectivity index (χ3n) is 3.31. The van der Waals surface area contributed by atoms with Gasteiger partial charge >= 0.3 is 0 Å². The van der Waals surface area contributed by atoms with E-state index >= 15 is 0 Å². The van der Waals surface area contributed by atoms with E-state index in [9.17, 15) is 4.79 Å². The van der Waals surface area contributed by atoms with Gasteiger partial charge in [-0.25, -0.2) is 4.63 Å². The summed E-state index contributed by atoms with van der Waals surface area (Å²) in [6.45, 7) is 7.34. The second kappa shape index (κ2) is 5.48. The van der Waals surface area contributed by atoms with E-state index in [-0.39, 0.29) is 17.7 Å². The smallest absolute Gasteiger partial charge is 0.275 e. The van der Waals surface area contributed by atoms with Crippen molar-refractivity contribution in [1.82, 2.24) is 15.6 Å². The maximum Gasteiger partial charge on any atom is 0.275 e. The van der Waals surface area contributed by atoms with E-state index in [0.29, 0.717) is 24.1 Å². The van der Waals surface area contributed by atoms with Gasteiger partial charge in [-0.1, -0.05) is 19.0 Å². The van der Waals surface area contributed by atoms with Gasteiger partial charge in [-0.2, -0.15) is 0 Å². The zero-order chi connectivity index (χ0) is 13.1. The Kier molecular flexibility index (Phi) is 3.96. The molecule has 2 heterocycles. The monoisotopic (exact) mass is 253 g/mol. The van der Waals surface area contributed by atoms with Crippen molar-refractivity contribution in [3.8, 4) is 0 Å². The van der Waals surface area contributed by atoms with Crippen LogP contribution in [0.5, 0.6) is 0 Å². The number of rotatable bonds is 4. The van der Waals surface area contributed by atoms with Crippen molar-refractivity contribution in [3.05, 3.63) is 11.4 Å². The Morgan fingerprint density at radius 3 is 2.89 bits per heavy atom. The van der Waals surface area contributed by atoms with Gasteiger partial charge in [0.2, 0.25) is 0 Å². The molecule has 1 aliphatic rings. The molecule has 1 fully saturated rings. The molecule has 0 aromatic carbocycles. The molecule has 0 saturated carbocycles. The molecule has 2 rings (SSSR count). The molecule has 6 heteroatoms. The first-order valence-corrected chi connectivity index (χ1v) is 6.28. The number of ether oxygens (including phenoxy) is 1. The predicted octanol–water partition coefficient (Wildman–Crippen LogP) is 1.17. The molecule has 18 heavy (non-hydrogen) atoms. The van der Waals surface area contributed by atoms with Gasteiger partial charge in [0.05, 0.1) is 6.10 Å². The van der Waals surface area contributed by atoms with Crippen molar-refractivity contribution in [1.29, 1.82) is 0 Å². The Balaban J connectivity index is 1.88. The molecular weight excluding hydrogens is 234 g/mol. The van der Waals surface area contributed by atoms with Gasteiger partial charge in [0, 0.05) is 19.1 Å². The van der Waals surface area contributed by atoms with Gasteiger partial charge in [0.25, 0.3) is 5.91 Å². The first-order valence-electron chi connectivity index (χ1n) is 6.28. The van der Waals surface area contributed by atoms with Crippen molar-refractivity contribution in [2.24, 2.45) is 11.8 Å². The fourth-order valence-electron chi connectivity index (χ4n) is 2.36. The van der Waals surface area contributed by atoms with E-state index in [0.717, 1.165) is 13.0 Å². The van der Waals surface area contributed by atoms with E-state index in [1.165, 1.54) is 0 Å². The first kappa shape index (κ1) is 13.0. The van der Waals surface area contributed by atoms with E-state index in [1.54, 1.807) is 6.92 Å². The summed E-state index contributed by atoms with van der Waals surface area (Å²) in [5, 5.41) is 10.0. The molecule has 0 bridgehead atoms. The summed E-state index contributed by atoms with van der Waals surface area (Å²) in [7, 11) is 0. The van der Waals surface area contributed by atoms with Gasteiger partial charge in [-0.05, 0) is 24.4 Å². The van der Waals surface area contributed by atoms with Gasteiger partial charge in [-0.15, -0.1) is 0 Å². The third kappa shape index (κ3) is 2.69. The zero-order valence-electron chi connectivity index (χ0n) is 11.0. The van der Waals surface area contributed by atoms with Crippen molar-refractivity contribution < 1.29 is 14.2 Å². The van der Waals surface area contributed by atoms with Crippen molar-refractivity contribution in [2.45, 2.75) is 33.3 Å². The summed E-state index contributed by atoms with van der Waals surface area (Å²) in [4.78, 5) is 11.8. The van der Waals surface area contributed by atoms with Gasteiger partial charge in [0.1, 0.15) is 5.69 Å². The Morgan fingerprint density at radius 2 is 2.28 bits per heavy atom.